The fourth-order valence-corrected chi connectivity index (χ4v) is 2.37. The van der Waals surface area contributed by atoms with E-state index in [-0.39, 0.29) is 5.57 Å². The second-order valence-corrected chi connectivity index (χ2v) is 4.81. The number of fused-ring (bicyclic) bond motifs is 1. The lowest BCUT2D eigenvalue weighted by Gasteiger charge is -2.25. The minimum absolute atomic E-state index is 0.259. The van der Waals surface area contributed by atoms with Crippen molar-refractivity contribution < 1.29 is 14.6 Å². The summed E-state index contributed by atoms with van der Waals surface area (Å²) in [5.74, 6) is 1.01. The molecule has 3 heteroatoms. The Morgan fingerprint density at radius 2 is 1.90 bits per heavy atom. The zero-order valence-corrected chi connectivity index (χ0v) is 11.0. The van der Waals surface area contributed by atoms with Gasteiger partial charge in [0.25, 0.3) is 0 Å². The molecule has 100 valence electrons. The van der Waals surface area contributed by atoms with Gasteiger partial charge in [0.2, 0.25) is 0 Å². The number of hydrogen-bond donors (Lipinski definition) is 1. The number of aldehydes is 1. The fraction of sp³-hybridized carbons (Fsp3) is 0.118. The summed E-state index contributed by atoms with van der Waals surface area (Å²) in [6.07, 6.45) is -0.287. The molecule has 0 aromatic heterocycles. The Labute approximate surface area is 117 Å². The summed E-state index contributed by atoms with van der Waals surface area (Å²) in [5, 5.41) is 10.4. The van der Waals surface area contributed by atoms with Crippen LogP contribution >= 0.6 is 0 Å². The predicted octanol–water partition coefficient (Wildman–Crippen LogP) is 3.03. The van der Waals surface area contributed by atoms with Crippen LogP contribution in [0.5, 0.6) is 5.75 Å². The molecule has 0 fully saturated rings. The highest BCUT2D eigenvalue weighted by Crippen LogP contribution is 2.40. The van der Waals surface area contributed by atoms with E-state index in [4.69, 9.17) is 4.74 Å². The van der Waals surface area contributed by atoms with Gasteiger partial charge in [0, 0.05) is 11.1 Å². The SMILES string of the molecule is Cc1ccc2c(c1)[C@@H](O)C(C=O)=C(c1ccccc1)O2. The summed E-state index contributed by atoms with van der Waals surface area (Å²) < 4.78 is 5.84. The van der Waals surface area contributed by atoms with Crippen LogP contribution in [0.1, 0.15) is 22.8 Å². The number of aryl methyl sites for hydroxylation is 1. The zero-order chi connectivity index (χ0) is 14.1. The Balaban J connectivity index is 2.15. The highest BCUT2D eigenvalue weighted by Gasteiger charge is 2.28. The Hall–Kier alpha value is -2.39. The minimum Gasteiger partial charge on any atom is -0.456 e. The van der Waals surface area contributed by atoms with Crippen molar-refractivity contribution >= 4 is 12.0 Å². The van der Waals surface area contributed by atoms with Gasteiger partial charge in [-0.25, -0.2) is 0 Å². The first-order chi connectivity index (χ1) is 9.70. The van der Waals surface area contributed by atoms with E-state index in [2.05, 4.69) is 0 Å². The van der Waals surface area contributed by atoms with E-state index in [9.17, 15) is 9.90 Å². The maximum atomic E-state index is 11.4. The average Bonchev–Trinajstić information content (AvgIpc) is 2.48. The molecule has 1 aliphatic heterocycles. The topological polar surface area (TPSA) is 46.5 Å². The van der Waals surface area contributed by atoms with Gasteiger partial charge in [-0.05, 0) is 19.1 Å². The lowest BCUT2D eigenvalue weighted by atomic mass is 9.94. The van der Waals surface area contributed by atoms with E-state index in [0.29, 0.717) is 23.4 Å². The number of aliphatic hydroxyl groups excluding tert-OH is 1. The van der Waals surface area contributed by atoms with Crippen molar-refractivity contribution in [3.05, 3.63) is 70.8 Å². The van der Waals surface area contributed by atoms with Crippen LogP contribution in [0.3, 0.4) is 0 Å². The van der Waals surface area contributed by atoms with Crippen LogP contribution in [-0.4, -0.2) is 11.4 Å². The highest BCUT2D eigenvalue weighted by molar-refractivity contribution is 5.89. The molecule has 0 saturated carbocycles. The summed E-state index contributed by atoms with van der Waals surface area (Å²) in [4.78, 5) is 11.4. The van der Waals surface area contributed by atoms with Crippen molar-refractivity contribution in [1.29, 1.82) is 0 Å². The van der Waals surface area contributed by atoms with Crippen LogP contribution in [0.15, 0.2) is 54.1 Å². The molecule has 1 aliphatic rings. The largest absolute Gasteiger partial charge is 0.456 e. The summed E-state index contributed by atoms with van der Waals surface area (Å²) in [6.45, 7) is 1.93. The molecule has 3 nitrogen and oxygen atoms in total. The first-order valence-electron chi connectivity index (χ1n) is 6.42. The van der Waals surface area contributed by atoms with Gasteiger partial charge >= 0.3 is 0 Å². The third-order valence-corrected chi connectivity index (χ3v) is 3.39. The standard InChI is InChI=1S/C17H14O3/c1-11-7-8-15-13(9-11)16(19)14(10-18)17(20-15)12-5-3-2-4-6-12/h2-10,16,19H,1H3/t16-/m1/s1. The molecule has 0 saturated heterocycles. The Bertz CT molecular complexity index is 687. The second-order valence-electron chi connectivity index (χ2n) is 4.81. The number of carbonyl (C=O) groups excluding carboxylic acids is 1. The molecule has 0 aliphatic carbocycles. The molecule has 0 radical (unpaired) electrons. The average molecular weight is 266 g/mol. The minimum atomic E-state index is -0.952. The summed E-state index contributed by atoms with van der Waals surface area (Å²) in [6, 6.07) is 14.9. The molecule has 1 heterocycles. The lowest BCUT2D eigenvalue weighted by Crippen LogP contribution is -2.16. The van der Waals surface area contributed by atoms with E-state index < -0.39 is 6.10 Å². The van der Waals surface area contributed by atoms with Gasteiger partial charge in [-0.3, -0.25) is 4.79 Å². The van der Waals surface area contributed by atoms with Crippen LogP contribution in [0.25, 0.3) is 5.76 Å². The van der Waals surface area contributed by atoms with Crippen molar-refractivity contribution in [3.63, 3.8) is 0 Å². The monoisotopic (exact) mass is 266 g/mol. The molecule has 20 heavy (non-hydrogen) atoms. The molecule has 1 atom stereocenters. The van der Waals surface area contributed by atoms with Crippen molar-refractivity contribution in [2.75, 3.05) is 0 Å². The normalized spacial score (nSPS) is 17.4. The van der Waals surface area contributed by atoms with Crippen molar-refractivity contribution in [1.82, 2.24) is 0 Å². The van der Waals surface area contributed by atoms with E-state index in [1.165, 1.54) is 0 Å². The molecule has 0 bridgehead atoms. The molecule has 0 spiro atoms. The van der Waals surface area contributed by atoms with Crippen LogP contribution < -0.4 is 4.74 Å². The molecule has 0 amide bonds. The quantitative estimate of drug-likeness (QED) is 0.850. The maximum absolute atomic E-state index is 11.4. The lowest BCUT2D eigenvalue weighted by molar-refractivity contribution is -0.105. The molecular weight excluding hydrogens is 252 g/mol. The number of ether oxygens (including phenoxy) is 1. The van der Waals surface area contributed by atoms with E-state index >= 15 is 0 Å². The first-order valence-corrected chi connectivity index (χ1v) is 6.42. The van der Waals surface area contributed by atoms with Crippen LogP contribution in [-0.2, 0) is 4.79 Å². The van der Waals surface area contributed by atoms with Gasteiger partial charge in [0.15, 0.2) is 6.29 Å². The predicted molar refractivity (Wildman–Crippen MR) is 76.2 cm³/mol. The second kappa shape index (κ2) is 4.94. The number of carbonyl (C=O) groups is 1. The fourth-order valence-electron chi connectivity index (χ4n) is 2.37. The van der Waals surface area contributed by atoms with Crippen LogP contribution in [0, 0.1) is 6.92 Å². The van der Waals surface area contributed by atoms with Gasteiger partial charge < -0.3 is 9.84 Å². The van der Waals surface area contributed by atoms with Crippen LogP contribution in [0.4, 0.5) is 0 Å². The summed E-state index contributed by atoms with van der Waals surface area (Å²) >= 11 is 0. The van der Waals surface area contributed by atoms with Crippen LogP contribution in [0.2, 0.25) is 0 Å². The molecule has 0 unspecified atom stereocenters. The third-order valence-electron chi connectivity index (χ3n) is 3.39. The van der Waals surface area contributed by atoms with Gasteiger partial charge in [0.1, 0.15) is 17.6 Å². The summed E-state index contributed by atoms with van der Waals surface area (Å²) in [5.41, 5.74) is 2.68. The zero-order valence-electron chi connectivity index (χ0n) is 11.0. The molecule has 2 aromatic rings. The van der Waals surface area contributed by atoms with Crippen molar-refractivity contribution in [2.24, 2.45) is 0 Å². The summed E-state index contributed by atoms with van der Waals surface area (Å²) in [7, 11) is 0. The Kier molecular flexibility index (Phi) is 3.12. The van der Waals surface area contributed by atoms with Gasteiger partial charge in [-0.1, -0.05) is 42.0 Å². The third kappa shape index (κ3) is 2.02. The number of rotatable bonds is 2. The molecular formula is C17H14O3. The van der Waals surface area contributed by atoms with Gasteiger partial charge in [0.05, 0.1) is 5.57 Å². The van der Waals surface area contributed by atoms with E-state index in [1.54, 1.807) is 0 Å². The van der Waals surface area contributed by atoms with Crippen molar-refractivity contribution in [2.45, 2.75) is 13.0 Å². The number of benzene rings is 2. The number of aliphatic hydroxyl groups is 1. The highest BCUT2D eigenvalue weighted by atomic mass is 16.5. The Morgan fingerprint density at radius 3 is 2.60 bits per heavy atom. The number of hydrogen-bond acceptors (Lipinski definition) is 3. The van der Waals surface area contributed by atoms with Gasteiger partial charge in [-0.15, -0.1) is 0 Å². The molecule has 2 aromatic carbocycles. The first kappa shape index (κ1) is 12.6. The van der Waals surface area contributed by atoms with Crippen molar-refractivity contribution in [3.8, 4) is 5.75 Å². The van der Waals surface area contributed by atoms with E-state index in [1.807, 2.05) is 55.5 Å². The van der Waals surface area contributed by atoms with Gasteiger partial charge in [-0.2, -0.15) is 0 Å². The molecule has 1 N–H and O–H groups in total. The van der Waals surface area contributed by atoms with E-state index in [0.717, 1.165) is 11.1 Å². The Morgan fingerprint density at radius 1 is 1.15 bits per heavy atom. The maximum Gasteiger partial charge on any atom is 0.152 e. The smallest absolute Gasteiger partial charge is 0.152 e. The molecule has 3 rings (SSSR count).